The fraction of sp³-hybridized carbons (Fsp3) is 0.706. The van der Waals surface area contributed by atoms with Gasteiger partial charge in [-0.1, -0.05) is 26.7 Å². The third-order valence-electron chi connectivity index (χ3n) is 4.40. The molecule has 24 heavy (non-hydrogen) atoms. The molecule has 0 radical (unpaired) electrons. The number of hydrogen-bond acceptors (Lipinski definition) is 4. The van der Waals surface area contributed by atoms with Crippen LogP contribution in [0.2, 0.25) is 0 Å². The fourth-order valence-corrected chi connectivity index (χ4v) is 2.76. The minimum atomic E-state index is 0. The van der Waals surface area contributed by atoms with Crippen molar-refractivity contribution < 1.29 is 0 Å². The molecular formula is C17H31IN6. The molecule has 0 spiro atoms. The third kappa shape index (κ3) is 6.07. The molecule has 0 amide bonds. The standard InChI is InChI=1S/C17H30N6.HI/c1-4-15(5-2)14-21-16(18-6-3)22-10-12-23(13-11-22)17-19-8-7-9-20-17;/h7-9,15H,4-6,10-14H2,1-3H3,(H,18,21);1H. The highest BCUT2D eigenvalue weighted by Gasteiger charge is 2.21. The van der Waals surface area contributed by atoms with E-state index in [4.69, 9.17) is 4.99 Å². The van der Waals surface area contributed by atoms with Gasteiger partial charge in [0.15, 0.2) is 5.96 Å². The molecule has 0 bridgehead atoms. The molecule has 2 rings (SSSR count). The topological polar surface area (TPSA) is 56.7 Å². The maximum Gasteiger partial charge on any atom is 0.225 e. The number of anilines is 1. The van der Waals surface area contributed by atoms with Gasteiger partial charge in [0.05, 0.1) is 0 Å². The van der Waals surface area contributed by atoms with Gasteiger partial charge in [0, 0.05) is 51.7 Å². The van der Waals surface area contributed by atoms with E-state index in [1.54, 1.807) is 12.4 Å². The van der Waals surface area contributed by atoms with E-state index in [1.807, 2.05) is 6.07 Å². The van der Waals surface area contributed by atoms with E-state index in [9.17, 15) is 0 Å². The first kappa shape index (κ1) is 20.9. The SMILES string of the molecule is CCNC(=NCC(CC)CC)N1CCN(c2ncccn2)CC1.I. The quantitative estimate of drug-likeness (QED) is 0.414. The number of rotatable bonds is 6. The Morgan fingerprint density at radius 1 is 1.12 bits per heavy atom. The summed E-state index contributed by atoms with van der Waals surface area (Å²) in [7, 11) is 0. The number of piperazine rings is 1. The molecule has 0 aliphatic carbocycles. The van der Waals surface area contributed by atoms with Crippen LogP contribution in [0.4, 0.5) is 5.95 Å². The van der Waals surface area contributed by atoms with E-state index >= 15 is 0 Å². The van der Waals surface area contributed by atoms with E-state index in [0.717, 1.165) is 51.2 Å². The largest absolute Gasteiger partial charge is 0.357 e. The van der Waals surface area contributed by atoms with E-state index < -0.39 is 0 Å². The fourth-order valence-electron chi connectivity index (χ4n) is 2.76. The van der Waals surface area contributed by atoms with Gasteiger partial charge in [-0.05, 0) is 18.9 Å². The summed E-state index contributed by atoms with van der Waals surface area (Å²) >= 11 is 0. The molecule has 0 saturated carbocycles. The number of guanidine groups is 1. The lowest BCUT2D eigenvalue weighted by atomic mass is 10.0. The summed E-state index contributed by atoms with van der Waals surface area (Å²) in [6, 6.07) is 1.85. The Labute approximate surface area is 163 Å². The molecule has 136 valence electrons. The van der Waals surface area contributed by atoms with Crippen molar-refractivity contribution in [3.05, 3.63) is 18.5 Å². The summed E-state index contributed by atoms with van der Waals surface area (Å²) < 4.78 is 0. The molecule has 0 aromatic carbocycles. The number of nitrogens with one attached hydrogen (secondary N) is 1. The van der Waals surface area contributed by atoms with Crippen LogP contribution in [0, 0.1) is 5.92 Å². The van der Waals surface area contributed by atoms with Crippen molar-refractivity contribution in [1.29, 1.82) is 0 Å². The number of hydrogen-bond donors (Lipinski definition) is 1. The lowest BCUT2D eigenvalue weighted by Gasteiger charge is -2.36. The maximum atomic E-state index is 4.86. The average molecular weight is 446 g/mol. The molecular weight excluding hydrogens is 415 g/mol. The number of nitrogens with zero attached hydrogens (tertiary/aromatic N) is 5. The van der Waals surface area contributed by atoms with Crippen LogP contribution in [0.1, 0.15) is 33.6 Å². The zero-order chi connectivity index (χ0) is 16.5. The molecule has 7 heteroatoms. The van der Waals surface area contributed by atoms with Crippen LogP contribution in [-0.2, 0) is 0 Å². The lowest BCUT2D eigenvalue weighted by molar-refractivity contribution is 0.368. The highest BCUT2D eigenvalue weighted by atomic mass is 127. The third-order valence-corrected chi connectivity index (χ3v) is 4.40. The number of halogens is 1. The summed E-state index contributed by atoms with van der Waals surface area (Å²) in [5.41, 5.74) is 0. The molecule has 1 saturated heterocycles. The average Bonchev–Trinajstić information content (AvgIpc) is 2.62. The Hall–Kier alpha value is -1.12. The molecule has 1 aromatic rings. The predicted octanol–water partition coefficient (Wildman–Crippen LogP) is 2.62. The first-order chi connectivity index (χ1) is 11.3. The first-order valence-corrected chi connectivity index (χ1v) is 8.83. The summed E-state index contributed by atoms with van der Waals surface area (Å²) in [6.45, 7) is 12.2. The van der Waals surface area contributed by atoms with Gasteiger partial charge < -0.3 is 15.1 Å². The van der Waals surface area contributed by atoms with Gasteiger partial charge in [0.1, 0.15) is 0 Å². The van der Waals surface area contributed by atoms with Crippen LogP contribution in [0.25, 0.3) is 0 Å². The molecule has 6 nitrogen and oxygen atoms in total. The number of aromatic nitrogens is 2. The zero-order valence-electron chi connectivity index (χ0n) is 15.1. The van der Waals surface area contributed by atoms with Crippen molar-refractivity contribution in [1.82, 2.24) is 20.2 Å². The summed E-state index contributed by atoms with van der Waals surface area (Å²) in [5, 5.41) is 3.44. The second kappa shape index (κ2) is 11.4. The van der Waals surface area contributed by atoms with Gasteiger partial charge in [-0.3, -0.25) is 4.99 Å². The van der Waals surface area contributed by atoms with Crippen molar-refractivity contribution in [2.75, 3.05) is 44.2 Å². The summed E-state index contributed by atoms with van der Waals surface area (Å²) in [6.07, 6.45) is 5.99. The van der Waals surface area contributed by atoms with E-state index in [2.05, 4.69) is 45.9 Å². The van der Waals surface area contributed by atoms with Crippen molar-refractivity contribution in [2.45, 2.75) is 33.6 Å². The molecule has 2 heterocycles. The van der Waals surface area contributed by atoms with Gasteiger partial charge in [0.25, 0.3) is 0 Å². The molecule has 1 aliphatic rings. The summed E-state index contributed by atoms with van der Waals surface area (Å²) in [5.74, 6) is 2.56. The van der Waals surface area contributed by atoms with Gasteiger partial charge in [-0.15, -0.1) is 24.0 Å². The van der Waals surface area contributed by atoms with E-state index in [-0.39, 0.29) is 24.0 Å². The Kier molecular flexibility index (Phi) is 9.97. The van der Waals surface area contributed by atoms with Gasteiger partial charge in [0.2, 0.25) is 5.95 Å². The molecule has 1 aromatic heterocycles. The van der Waals surface area contributed by atoms with Crippen LogP contribution >= 0.6 is 24.0 Å². The molecule has 1 aliphatic heterocycles. The highest BCUT2D eigenvalue weighted by Crippen LogP contribution is 2.11. The van der Waals surface area contributed by atoms with Crippen LogP contribution in [0.3, 0.4) is 0 Å². The lowest BCUT2D eigenvalue weighted by Crippen LogP contribution is -2.53. The van der Waals surface area contributed by atoms with E-state index in [0.29, 0.717) is 5.92 Å². The highest BCUT2D eigenvalue weighted by molar-refractivity contribution is 14.0. The van der Waals surface area contributed by atoms with Crippen molar-refractivity contribution in [2.24, 2.45) is 10.9 Å². The van der Waals surface area contributed by atoms with Crippen molar-refractivity contribution in [3.63, 3.8) is 0 Å². The predicted molar refractivity (Wildman–Crippen MR) is 111 cm³/mol. The van der Waals surface area contributed by atoms with Crippen LogP contribution < -0.4 is 10.2 Å². The maximum absolute atomic E-state index is 4.86. The van der Waals surface area contributed by atoms with E-state index in [1.165, 1.54) is 12.8 Å². The smallest absolute Gasteiger partial charge is 0.225 e. The van der Waals surface area contributed by atoms with Crippen molar-refractivity contribution >= 4 is 35.9 Å². The Morgan fingerprint density at radius 2 is 1.75 bits per heavy atom. The Morgan fingerprint density at radius 3 is 2.29 bits per heavy atom. The molecule has 1 fully saturated rings. The zero-order valence-corrected chi connectivity index (χ0v) is 17.4. The van der Waals surface area contributed by atoms with Crippen LogP contribution in [0.5, 0.6) is 0 Å². The second-order valence-electron chi connectivity index (χ2n) is 5.90. The van der Waals surface area contributed by atoms with Crippen LogP contribution in [-0.4, -0.2) is 60.1 Å². The second-order valence-corrected chi connectivity index (χ2v) is 5.90. The minimum absolute atomic E-state index is 0. The normalized spacial score (nSPS) is 15.4. The molecule has 1 N–H and O–H groups in total. The monoisotopic (exact) mass is 446 g/mol. The summed E-state index contributed by atoms with van der Waals surface area (Å²) in [4.78, 5) is 18.1. The minimum Gasteiger partial charge on any atom is -0.357 e. The van der Waals surface area contributed by atoms with Gasteiger partial charge >= 0.3 is 0 Å². The molecule has 0 atom stereocenters. The first-order valence-electron chi connectivity index (χ1n) is 8.83. The number of aliphatic imine (C=N–C) groups is 1. The van der Waals surface area contributed by atoms with Crippen molar-refractivity contribution in [3.8, 4) is 0 Å². The van der Waals surface area contributed by atoms with Gasteiger partial charge in [-0.2, -0.15) is 0 Å². The van der Waals surface area contributed by atoms with Crippen LogP contribution in [0.15, 0.2) is 23.5 Å². The van der Waals surface area contributed by atoms with Gasteiger partial charge in [-0.25, -0.2) is 9.97 Å². The Bertz CT molecular complexity index is 469. The molecule has 0 unspecified atom stereocenters. The Balaban J connectivity index is 0.00000288.